The summed E-state index contributed by atoms with van der Waals surface area (Å²) in [6.07, 6.45) is 0. The van der Waals surface area contributed by atoms with Gasteiger partial charge in [0.1, 0.15) is 11.3 Å². The third-order valence-electron chi connectivity index (χ3n) is 2.94. The minimum absolute atomic E-state index is 0.133. The summed E-state index contributed by atoms with van der Waals surface area (Å²) in [6, 6.07) is 5.82. The van der Waals surface area contributed by atoms with Crippen molar-refractivity contribution >= 4 is 28.9 Å². The van der Waals surface area contributed by atoms with Crippen LogP contribution >= 0.6 is 11.6 Å². The van der Waals surface area contributed by atoms with Gasteiger partial charge >= 0.3 is 11.7 Å². The third kappa shape index (κ3) is 3.58. The summed E-state index contributed by atoms with van der Waals surface area (Å²) in [7, 11) is 0. The second kappa shape index (κ2) is 6.50. The first-order chi connectivity index (χ1) is 11.2. The first kappa shape index (κ1) is 17.2. The zero-order valence-corrected chi connectivity index (χ0v) is 12.8. The summed E-state index contributed by atoms with van der Waals surface area (Å²) in [5.74, 6) is -1.92. The summed E-state index contributed by atoms with van der Waals surface area (Å²) < 4.78 is 5.35. The van der Waals surface area contributed by atoms with E-state index in [0.29, 0.717) is 16.7 Å². The quantitative estimate of drug-likeness (QED) is 0.635. The van der Waals surface area contributed by atoms with E-state index in [0.717, 1.165) is 6.07 Å². The Balaban J connectivity index is 2.63. The van der Waals surface area contributed by atoms with Crippen molar-refractivity contribution in [1.82, 2.24) is 0 Å². The monoisotopic (exact) mass is 352 g/mol. The van der Waals surface area contributed by atoms with Crippen molar-refractivity contribution in [1.29, 1.82) is 0 Å². The highest BCUT2D eigenvalue weighted by molar-refractivity contribution is 6.30. The van der Waals surface area contributed by atoms with E-state index >= 15 is 0 Å². The SMILES string of the molecule is Cc1cc(Cl)cc(Oc2cc(C(=O)O)c([N+](=O)[O-])cc2[N+](=O)[O-])c1. The van der Waals surface area contributed by atoms with Gasteiger partial charge in [0.2, 0.25) is 5.75 Å². The summed E-state index contributed by atoms with van der Waals surface area (Å²) >= 11 is 5.87. The van der Waals surface area contributed by atoms with Crippen LogP contribution in [0, 0.1) is 27.2 Å². The lowest BCUT2D eigenvalue weighted by Gasteiger charge is -2.09. The fraction of sp³-hybridized carbons (Fsp3) is 0.0714. The maximum Gasteiger partial charge on any atom is 0.342 e. The van der Waals surface area contributed by atoms with Crippen molar-refractivity contribution in [2.24, 2.45) is 0 Å². The number of ether oxygens (including phenoxy) is 1. The van der Waals surface area contributed by atoms with Gasteiger partial charge in [0.25, 0.3) is 5.69 Å². The van der Waals surface area contributed by atoms with Gasteiger partial charge in [-0.2, -0.15) is 0 Å². The van der Waals surface area contributed by atoms with E-state index in [2.05, 4.69) is 0 Å². The molecule has 0 saturated carbocycles. The van der Waals surface area contributed by atoms with Crippen LogP contribution < -0.4 is 4.74 Å². The van der Waals surface area contributed by atoms with Gasteiger partial charge in [-0.15, -0.1) is 0 Å². The highest BCUT2D eigenvalue weighted by Gasteiger charge is 2.29. The van der Waals surface area contributed by atoms with E-state index in [1.54, 1.807) is 13.0 Å². The molecule has 0 spiro atoms. The molecule has 0 aliphatic carbocycles. The molecule has 0 aliphatic heterocycles. The van der Waals surface area contributed by atoms with Crippen LogP contribution in [0.5, 0.6) is 11.5 Å². The average molecular weight is 353 g/mol. The number of nitrogens with zero attached hydrogens (tertiary/aromatic N) is 2. The molecule has 0 aromatic heterocycles. The standard InChI is InChI=1S/C14H9ClN2O7/c1-7-2-8(15)4-9(3-7)24-13-5-10(14(18)19)11(16(20)21)6-12(13)17(22)23/h2-6H,1H3,(H,18,19). The van der Waals surface area contributed by atoms with Gasteiger partial charge in [0, 0.05) is 11.1 Å². The molecule has 10 heteroatoms. The number of nitro groups is 2. The molecule has 0 saturated heterocycles. The lowest BCUT2D eigenvalue weighted by Crippen LogP contribution is -2.05. The first-order valence-corrected chi connectivity index (χ1v) is 6.72. The average Bonchev–Trinajstić information content (AvgIpc) is 2.44. The Morgan fingerprint density at radius 1 is 1.08 bits per heavy atom. The number of carboxylic acid groups (broad SMARTS) is 1. The molecular formula is C14H9ClN2O7. The van der Waals surface area contributed by atoms with E-state index in [1.165, 1.54) is 12.1 Å². The number of halogens is 1. The molecule has 2 aromatic carbocycles. The van der Waals surface area contributed by atoms with E-state index < -0.39 is 38.5 Å². The van der Waals surface area contributed by atoms with Crippen molar-refractivity contribution in [3.8, 4) is 11.5 Å². The molecule has 2 aromatic rings. The maximum absolute atomic E-state index is 11.2. The van der Waals surface area contributed by atoms with Crippen molar-refractivity contribution in [2.45, 2.75) is 6.92 Å². The third-order valence-corrected chi connectivity index (χ3v) is 3.16. The molecule has 24 heavy (non-hydrogen) atoms. The van der Waals surface area contributed by atoms with Crippen LogP contribution in [0.3, 0.4) is 0 Å². The van der Waals surface area contributed by atoms with Crippen LogP contribution in [0.25, 0.3) is 0 Å². The number of carbonyl (C=O) groups is 1. The highest BCUT2D eigenvalue weighted by atomic mass is 35.5. The largest absolute Gasteiger partial charge is 0.477 e. The normalized spacial score (nSPS) is 10.2. The molecule has 0 bridgehead atoms. The Kier molecular flexibility index (Phi) is 4.65. The van der Waals surface area contributed by atoms with Crippen molar-refractivity contribution < 1.29 is 24.5 Å². The first-order valence-electron chi connectivity index (χ1n) is 6.34. The highest BCUT2D eigenvalue weighted by Crippen LogP contribution is 2.37. The lowest BCUT2D eigenvalue weighted by molar-refractivity contribution is -0.394. The predicted octanol–water partition coefficient (Wildman–Crippen LogP) is 3.96. The van der Waals surface area contributed by atoms with E-state index in [-0.39, 0.29) is 5.75 Å². The molecule has 0 amide bonds. The van der Waals surface area contributed by atoms with Gasteiger partial charge in [-0.1, -0.05) is 11.6 Å². The molecule has 0 unspecified atom stereocenters. The number of hydrogen-bond acceptors (Lipinski definition) is 6. The molecule has 0 fully saturated rings. The van der Waals surface area contributed by atoms with Gasteiger partial charge in [0.15, 0.2) is 0 Å². The zero-order valence-electron chi connectivity index (χ0n) is 12.1. The van der Waals surface area contributed by atoms with Gasteiger partial charge in [-0.05, 0) is 30.7 Å². The smallest absolute Gasteiger partial charge is 0.342 e. The molecule has 9 nitrogen and oxygen atoms in total. The Bertz CT molecular complexity index is 846. The predicted molar refractivity (Wildman–Crippen MR) is 83.0 cm³/mol. The van der Waals surface area contributed by atoms with Crippen molar-refractivity contribution in [3.05, 3.63) is 66.7 Å². The van der Waals surface area contributed by atoms with Gasteiger partial charge in [-0.25, -0.2) is 4.79 Å². The number of nitro benzene ring substituents is 2. The molecule has 0 radical (unpaired) electrons. The maximum atomic E-state index is 11.2. The second-order valence-corrected chi connectivity index (χ2v) is 5.16. The topological polar surface area (TPSA) is 133 Å². The summed E-state index contributed by atoms with van der Waals surface area (Å²) in [5, 5.41) is 31.4. The van der Waals surface area contributed by atoms with E-state index in [9.17, 15) is 25.0 Å². The Morgan fingerprint density at radius 3 is 2.21 bits per heavy atom. The number of rotatable bonds is 5. The van der Waals surface area contributed by atoms with Gasteiger partial charge in [-0.3, -0.25) is 20.2 Å². The zero-order chi connectivity index (χ0) is 18.0. The van der Waals surface area contributed by atoms with Crippen LogP contribution in [-0.2, 0) is 0 Å². The van der Waals surface area contributed by atoms with Crippen LogP contribution in [0.15, 0.2) is 30.3 Å². The number of aromatic carboxylic acids is 1. The van der Waals surface area contributed by atoms with Gasteiger partial charge < -0.3 is 9.84 Å². The van der Waals surface area contributed by atoms with E-state index in [1.807, 2.05) is 0 Å². The Morgan fingerprint density at radius 2 is 1.71 bits per heavy atom. The number of carboxylic acids is 1. The van der Waals surface area contributed by atoms with Crippen LogP contribution in [0.2, 0.25) is 5.02 Å². The fourth-order valence-electron chi connectivity index (χ4n) is 1.99. The molecule has 0 heterocycles. The molecular weight excluding hydrogens is 344 g/mol. The number of benzene rings is 2. The molecule has 0 atom stereocenters. The number of hydrogen-bond donors (Lipinski definition) is 1. The molecule has 124 valence electrons. The Labute approximate surface area is 139 Å². The minimum Gasteiger partial charge on any atom is -0.477 e. The number of aryl methyl sites for hydroxylation is 1. The summed E-state index contributed by atoms with van der Waals surface area (Å²) in [4.78, 5) is 31.3. The van der Waals surface area contributed by atoms with Crippen LogP contribution in [0.1, 0.15) is 15.9 Å². The fourth-order valence-corrected chi connectivity index (χ4v) is 2.27. The molecule has 1 N–H and O–H groups in total. The van der Waals surface area contributed by atoms with Crippen molar-refractivity contribution in [2.75, 3.05) is 0 Å². The van der Waals surface area contributed by atoms with E-state index in [4.69, 9.17) is 21.4 Å². The molecule has 2 rings (SSSR count). The van der Waals surface area contributed by atoms with Crippen LogP contribution in [0.4, 0.5) is 11.4 Å². The summed E-state index contributed by atoms with van der Waals surface area (Å²) in [5.41, 5.74) is -1.65. The second-order valence-electron chi connectivity index (χ2n) is 4.72. The molecule has 0 aliphatic rings. The van der Waals surface area contributed by atoms with Crippen molar-refractivity contribution in [3.63, 3.8) is 0 Å². The Hall–Kier alpha value is -3.20. The summed E-state index contributed by atoms with van der Waals surface area (Å²) in [6.45, 7) is 1.71. The lowest BCUT2D eigenvalue weighted by atomic mass is 10.1. The van der Waals surface area contributed by atoms with Crippen LogP contribution in [-0.4, -0.2) is 20.9 Å². The minimum atomic E-state index is -1.61. The van der Waals surface area contributed by atoms with Gasteiger partial charge in [0.05, 0.1) is 15.9 Å².